The van der Waals surface area contributed by atoms with Gasteiger partial charge in [0, 0.05) is 30.2 Å². The van der Waals surface area contributed by atoms with Crippen LogP contribution in [-0.4, -0.2) is 32.1 Å². The molecule has 120 valence electrons. The number of hydrogen-bond donors (Lipinski definition) is 0. The Morgan fingerprint density at radius 2 is 2.04 bits per heavy atom. The predicted molar refractivity (Wildman–Crippen MR) is 88.8 cm³/mol. The molecule has 1 aromatic carbocycles. The fourth-order valence-electron chi connectivity index (χ4n) is 2.71. The summed E-state index contributed by atoms with van der Waals surface area (Å²) in [4.78, 5) is 18.5. The van der Waals surface area contributed by atoms with Crippen LogP contribution in [0.2, 0.25) is 5.15 Å². The van der Waals surface area contributed by atoms with Gasteiger partial charge in [0.05, 0.1) is 4.90 Å². The first-order valence-electron chi connectivity index (χ1n) is 7.13. The third kappa shape index (κ3) is 3.23. The van der Waals surface area contributed by atoms with Crippen LogP contribution in [-0.2, 0) is 16.3 Å². The van der Waals surface area contributed by atoms with Gasteiger partial charge in [-0.1, -0.05) is 11.6 Å². The van der Waals surface area contributed by atoms with E-state index in [0.29, 0.717) is 12.1 Å². The van der Waals surface area contributed by atoms with Crippen LogP contribution in [0.5, 0.6) is 0 Å². The number of amides is 1. The van der Waals surface area contributed by atoms with Crippen LogP contribution in [0.25, 0.3) is 0 Å². The molecule has 0 unspecified atom stereocenters. The van der Waals surface area contributed by atoms with Gasteiger partial charge in [0.15, 0.2) is 9.84 Å². The summed E-state index contributed by atoms with van der Waals surface area (Å²) in [5.74, 6) is -0.164. The maximum atomic E-state index is 12.7. The fourth-order valence-corrected chi connectivity index (χ4v) is 3.55. The van der Waals surface area contributed by atoms with Crippen LogP contribution in [0.1, 0.15) is 22.3 Å². The Balaban J connectivity index is 2.00. The monoisotopic (exact) mass is 350 g/mol. The summed E-state index contributed by atoms with van der Waals surface area (Å²) in [7, 11) is -3.26. The zero-order chi connectivity index (χ0) is 16.6. The second-order valence-electron chi connectivity index (χ2n) is 5.49. The van der Waals surface area contributed by atoms with Gasteiger partial charge >= 0.3 is 0 Å². The fraction of sp³-hybridized carbons (Fsp3) is 0.250. The lowest BCUT2D eigenvalue weighted by molar-refractivity contribution is 0.0985. The van der Waals surface area contributed by atoms with Crippen molar-refractivity contribution in [2.24, 2.45) is 0 Å². The number of carbonyl (C=O) groups excluding carboxylic acids is 1. The first-order valence-corrected chi connectivity index (χ1v) is 9.39. The van der Waals surface area contributed by atoms with Gasteiger partial charge < -0.3 is 4.90 Å². The van der Waals surface area contributed by atoms with Crippen LogP contribution >= 0.6 is 11.6 Å². The third-order valence-electron chi connectivity index (χ3n) is 3.82. The van der Waals surface area contributed by atoms with Crippen molar-refractivity contribution in [3.63, 3.8) is 0 Å². The van der Waals surface area contributed by atoms with E-state index in [-0.39, 0.29) is 16.0 Å². The van der Waals surface area contributed by atoms with Crippen LogP contribution in [0, 0.1) is 0 Å². The number of pyridine rings is 1. The van der Waals surface area contributed by atoms with Crippen LogP contribution in [0.4, 0.5) is 5.69 Å². The summed E-state index contributed by atoms with van der Waals surface area (Å²) >= 11 is 5.85. The number of nitrogens with zero attached hydrogens (tertiary/aromatic N) is 2. The summed E-state index contributed by atoms with van der Waals surface area (Å²) in [6.07, 6.45) is 4.21. The van der Waals surface area contributed by atoms with E-state index in [2.05, 4.69) is 4.98 Å². The van der Waals surface area contributed by atoms with Gasteiger partial charge in [-0.15, -0.1) is 0 Å². The van der Waals surface area contributed by atoms with Crippen molar-refractivity contribution in [1.29, 1.82) is 0 Å². The van der Waals surface area contributed by atoms with E-state index in [9.17, 15) is 13.2 Å². The lowest BCUT2D eigenvalue weighted by Gasteiger charge is -2.30. The second kappa shape index (κ2) is 5.94. The highest BCUT2D eigenvalue weighted by atomic mass is 35.5. The summed E-state index contributed by atoms with van der Waals surface area (Å²) in [5.41, 5.74) is 2.08. The third-order valence-corrected chi connectivity index (χ3v) is 5.13. The van der Waals surface area contributed by atoms with Gasteiger partial charge in [-0.25, -0.2) is 13.4 Å². The highest BCUT2D eigenvalue weighted by molar-refractivity contribution is 7.90. The number of anilines is 1. The Labute approximate surface area is 139 Å². The minimum atomic E-state index is -3.26. The number of fused-ring (bicyclic) bond motifs is 1. The van der Waals surface area contributed by atoms with Crippen molar-refractivity contribution in [3.8, 4) is 0 Å². The molecule has 0 radical (unpaired) electrons. The molecule has 0 aliphatic carbocycles. The number of sulfone groups is 1. The quantitative estimate of drug-likeness (QED) is 0.781. The van der Waals surface area contributed by atoms with Crippen LogP contribution < -0.4 is 4.90 Å². The molecule has 1 aliphatic heterocycles. The average molecular weight is 351 g/mol. The molecule has 5 nitrogen and oxygen atoms in total. The minimum absolute atomic E-state index is 0.164. The van der Waals surface area contributed by atoms with Crippen LogP contribution in [0.15, 0.2) is 41.4 Å². The summed E-state index contributed by atoms with van der Waals surface area (Å²) in [6, 6.07) is 8.05. The molecule has 0 bridgehead atoms. The van der Waals surface area contributed by atoms with Crippen molar-refractivity contribution in [1.82, 2.24) is 4.98 Å². The highest BCUT2D eigenvalue weighted by Crippen LogP contribution is 2.30. The summed E-state index contributed by atoms with van der Waals surface area (Å²) in [5, 5.41) is 0.264. The summed E-state index contributed by atoms with van der Waals surface area (Å²) in [6.45, 7) is 0.587. The van der Waals surface area contributed by atoms with Gasteiger partial charge in [0.25, 0.3) is 5.91 Å². The Kier molecular flexibility index (Phi) is 4.12. The number of rotatable bonds is 2. The molecule has 1 aromatic heterocycles. The average Bonchev–Trinajstić information content (AvgIpc) is 2.52. The zero-order valence-corrected chi connectivity index (χ0v) is 14.1. The summed E-state index contributed by atoms with van der Waals surface area (Å²) < 4.78 is 23.4. The van der Waals surface area contributed by atoms with Gasteiger partial charge in [0.2, 0.25) is 0 Å². The molecule has 3 rings (SSSR count). The molecule has 0 fully saturated rings. The van der Waals surface area contributed by atoms with Gasteiger partial charge in [0.1, 0.15) is 5.15 Å². The molecular formula is C16H15ClN2O3S. The van der Waals surface area contributed by atoms with E-state index >= 15 is 0 Å². The van der Waals surface area contributed by atoms with Gasteiger partial charge in [-0.05, 0) is 48.7 Å². The van der Waals surface area contributed by atoms with E-state index in [1.807, 2.05) is 0 Å². The maximum absolute atomic E-state index is 12.7. The van der Waals surface area contributed by atoms with Crippen molar-refractivity contribution in [3.05, 3.63) is 52.8 Å². The molecule has 1 aliphatic rings. The molecule has 0 saturated heterocycles. The SMILES string of the molecule is CS(=O)(=O)c1ccc2c(c1)CCCN2C(=O)c1ccnc(Cl)c1. The van der Waals surface area contributed by atoms with Crippen LogP contribution in [0.3, 0.4) is 0 Å². The molecule has 2 aromatic rings. The van der Waals surface area contributed by atoms with Gasteiger partial charge in [-0.3, -0.25) is 4.79 Å². The standard InChI is InChI=1S/C16H15ClN2O3S/c1-23(21,22)13-4-5-14-11(9-13)3-2-8-19(14)16(20)12-6-7-18-15(17)10-12/h4-7,9-10H,2-3,8H2,1H3. The largest absolute Gasteiger partial charge is 0.308 e. The minimum Gasteiger partial charge on any atom is -0.308 e. The smallest absolute Gasteiger partial charge is 0.258 e. The molecule has 1 amide bonds. The number of aryl methyl sites for hydroxylation is 1. The topological polar surface area (TPSA) is 67.3 Å². The number of benzene rings is 1. The molecule has 23 heavy (non-hydrogen) atoms. The number of carbonyl (C=O) groups is 1. The number of halogens is 1. The Morgan fingerprint density at radius 1 is 1.26 bits per heavy atom. The van der Waals surface area contributed by atoms with Gasteiger partial charge in [-0.2, -0.15) is 0 Å². The zero-order valence-electron chi connectivity index (χ0n) is 12.5. The predicted octanol–water partition coefficient (Wildman–Crippen LogP) is 2.73. The Hall–Kier alpha value is -1.92. The molecular weight excluding hydrogens is 336 g/mol. The Morgan fingerprint density at radius 3 is 2.74 bits per heavy atom. The van der Waals surface area contributed by atoms with E-state index in [0.717, 1.165) is 24.1 Å². The van der Waals surface area contributed by atoms with E-state index in [1.54, 1.807) is 29.2 Å². The number of hydrogen-bond acceptors (Lipinski definition) is 4. The van der Waals surface area contributed by atoms with Crippen molar-refractivity contribution in [2.75, 3.05) is 17.7 Å². The lowest BCUT2D eigenvalue weighted by Crippen LogP contribution is -2.35. The molecule has 2 heterocycles. The number of aromatic nitrogens is 1. The van der Waals surface area contributed by atoms with Crippen molar-refractivity contribution in [2.45, 2.75) is 17.7 Å². The highest BCUT2D eigenvalue weighted by Gasteiger charge is 2.25. The Bertz CT molecular complexity index is 881. The van der Waals surface area contributed by atoms with Crippen molar-refractivity contribution >= 4 is 33.0 Å². The maximum Gasteiger partial charge on any atom is 0.258 e. The van der Waals surface area contributed by atoms with E-state index in [4.69, 9.17) is 11.6 Å². The van der Waals surface area contributed by atoms with Crippen molar-refractivity contribution < 1.29 is 13.2 Å². The normalized spacial score (nSPS) is 14.4. The second-order valence-corrected chi connectivity index (χ2v) is 7.89. The lowest BCUT2D eigenvalue weighted by atomic mass is 10.0. The molecule has 0 atom stereocenters. The van der Waals surface area contributed by atoms with E-state index in [1.165, 1.54) is 18.5 Å². The molecule has 0 spiro atoms. The first kappa shape index (κ1) is 16.0. The first-order chi connectivity index (χ1) is 10.9. The molecule has 0 N–H and O–H groups in total. The molecule has 7 heteroatoms. The van der Waals surface area contributed by atoms with E-state index < -0.39 is 9.84 Å². The molecule has 0 saturated carbocycles.